The van der Waals surface area contributed by atoms with E-state index < -0.39 is 5.54 Å². The van der Waals surface area contributed by atoms with Crippen LogP contribution in [0.3, 0.4) is 0 Å². The van der Waals surface area contributed by atoms with Crippen LogP contribution in [-0.4, -0.2) is 28.2 Å². The first-order valence-corrected chi connectivity index (χ1v) is 7.51. The van der Waals surface area contributed by atoms with Gasteiger partial charge >= 0.3 is 0 Å². The van der Waals surface area contributed by atoms with E-state index in [-0.39, 0.29) is 24.1 Å². The zero-order valence-corrected chi connectivity index (χ0v) is 12.4. The summed E-state index contributed by atoms with van der Waals surface area (Å²) in [5.74, 6) is -0.756. The first-order valence-electron chi connectivity index (χ1n) is 7.51. The molecule has 6 nitrogen and oxygen atoms in total. The van der Waals surface area contributed by atoms with Gasteiger partial charge in [-0.2, -0.15) is 0 Å². The van der Waals surface area contributed by atoms with Crippen molar-refractivity contribution in [3.63, 3.8) is 0 Å². The van der Waals surface area contributed by atoms with Crippen molar-refractivity contribution in [2.75, 3.05) is 0 Å². The second kappa shape index (κ2) is 4.39. The summed E-state index contributed by atoms with van der Waals surface area (Å²) in [6.07, 6.45) is 0.639. The van der Waals surface area contributed by atoms with Crippen molar-refractivity contribution in [2.24, 2.45) is 0 Å². The van der Waals surface area contributed by atoms with Gasteiger partial charge in [0.25, 0.3) is 11.8 Å². The number of fused-ring (bicyclic) bond motifs is 3. The predicted molar refractivity (Wildman–Crippen MR) is 77.6 cm³/mol. The fraction of sp³-hybridized carbons (Fsp3) is 0.438. The molecule has 114 valence electrons. The van der Waals surface area contributed by atoms with Gasteiger partial charge in [-0.1, -0.05) is 6.07 Å². The van der Waals surface area contributed by atoms with E-state index in [0.717, 1.165) is 18.7 Å². The van der Waals surface area contributed by atoms with Gasteiger partial charge < -0.3 is 10.2 Å². The molecular formula is C16H17N3O3. The molecule has 3 aliphatic heterocycles. The molecule has 4 rings (SSSR count). The Morgan fingerprint density at radius 2 is 1.95 bits per heavy atom. The minimum absolute atomic E-state index is 0.114. The Balaban J connectivity index is 1.73. The molecule has 1 atom stereocenters. The van der Waals surface area contributed by atoms with E-state index in [1.54, 1.807) is 11.8 Å². The molecule has 1 saturated heterocycles. The maximum Gasteiger partial charge on any atom is 0.255 e. The molecule has 0 spiro atoms. The lowest BCUT2D eigenvalue weighted by Crippen LogP contribution is -2.61. The van der Waals surface area contributed by atoms with Gasteiger partial charge in [-0.05, 0) is 36.1 Å². The number of piperidine rings is 1. The van der Waals surface area contributed by atoms with E-state index in [2.05, 4.69) is 10.6 Å². The quantitative estimate of drug-likeness (QED) is 0.738. The largest absolute Gasteiger partial charge is 0.320 e. The molecule has 22 heavy (non-hydrogen) atoms. The highest BCUT2D eigenvalue weighted by Crippen LogP contribution is 2.37. The van der Waals surface area contributed by atoms with Gasteiger partial charge in [0.05, 0.1) is 0 Å². The number of nitrogens with one attached hydrogen (secondary N) is 2. The Morgan fingerprint density at radius 3 is 2.73 bits per heavy atom. The first kappa shape index (κ1) is 13.5. The summed E-state index contributed by atoms with van der Waals surface area (Å²) in [5.41, 5.74) is 3.17. The van der Waals surface area contributed by atoms with Gasteiger partial charge in [-0.15, -0.1) is 0 Å². The lowest BCUT2D eigenvalue weighted by atomic mass is 9.89. The van der Waals surface area contributed by atoms with Crippen molar-refractivity contribution < 1.29 is 14.4 Å². The van der Waals surface area contributed by atoms with Crippen molar-refractivity contribution in [1.82, 2.24) is 15.5 Å². The second-order valence-electron chi connectivity index (χ2n) is 6.38. The van der Waals surface area contributed by atoms with Crippen LogP contribution in [0.1, 0.15) is 46.8 Å². The molecule has 1 fully saturated rings. The van der Waals surface area contributed by atoms with Crippen LogP contribution in [0.15, 0.2) is 12.1 Å². The van der Waals surface area contributed by atoms with Gasteiger partial charge in [-0.3, -0.25) is 19.7 Å². The molecule has 1 aromatic rings. The van der Waals surface area contributed by atoms with E-state index in [0.29, 0.717) is 18.5 Å². The lowest BCUT2D eigenvalue weighted by molar-refractivity contribution is -0.142. The molecule has 3 heterocycles. The van der Waals surface area contributed by atoms with Crippen LogP contribution >= 0.6 is 0 Å². The summed E-state index contributed by atoms with van der Waals surface area (Å²) < 4.78 is 0. The molecule has 3 aliphatic rings. The number of hydrogen-bond acceptors (Lipinski definition) is 4. The number of rotatable bonds is 1. The Kier molecular flexibility index (Phi) is 2.69. The van der Waals surface area contributed by atoms with Crippen molar-refractivity contribution in [3.8, 4) is 0 Å². The molecule has 0 radical (unpaired) electrons. The zero-order chi connectivity index (χ0) is 15.5. The molecule has 1 aromatic carbocycles. The fourth-order valence-corrected chi connectivity index (χ4v) is 3.66. The molecule has 0 aliphatic carbocycles. The topological polar surface area (TPSA) is 78.5 Å². The number of carbonyl (C=O) groups is 3. The number of hydrogen-bond donors (Lipinski definition) is 2. The average Bonchev–Trinajstić information content (AvgIpc) is 3.08. The summed E-state index contributed by atoms with van der Waals surface area (Å²) in [7, 11) is 0. The van der Waals surface area contributed by atoms with E-state index in [9.17, 15) is 14.4 Å². The molecule has 3 amide bonds. The van der Waals surface area contributed by atoms with Crippen LogP contribution in [0.4, 0.5) is 0 Å². The molecule has 0 bridgehead atoms. The van der Waals surface area contributed by atoms with Crippen LogP contribution < -0.4 is 10.6 Å². The molecule has 6 heteroatoms. The van der Waals surface area contributed by atoms with Crippen molar-refractivity contribution >= 4 is 17.7 Å². The standard InChI is InChI=1S/C16H17N3O3/c1-16(5-4-13(20)18-15(16)22)19-8-12-10(14(19)21)3-2-9-6-17-7-11(9)12/h2-3,17H,4-8H2,1H3,(H,18,20,22). The van der Waals surface area contributed by atoms with Gasteiger partial charge in [0.2, 0.25) is 5.91 Å². The Morgan fingerprint density at radius 1 is 1.14 bits per heavy atom. The lowest BCUT2D eigenvalue weighted by Gasteiger charge is -2.39. The number of nitrogens with zero attached hydrogens (tertiary/aromatic N) is 1. The fourth-order valence-electron chi connectivity index (χ4n) is 3.66. The predicted octanol–water partition coefficient (Wildman–Crippen LogP) is 0.441. The average molecular weight is 299 g/mol. The highest BCUT2D eigenvalue weighted by Gasteiger charge is 2.49. The SMILES string of the molecule is CC1(N2Cc3c(ccc4c3CNC4)C2=O)CCC(=O)NC1=O. The third-order valence-corrected chi connectivity index (χ3v) is 5.11. The smallest absolute Gasteiger partial charge is 0.255 e. The Bertz CT molecular complexity index is 728. The Labute approximate surface area is 127 Å². The zero-order valence-electron chi connectivity index (χ0n) is 12.4. The van der Waals surface area contributed by atoms with Gasteiger partial charge in [-0.25, -0.2) is 0 Å². The minimum Gasteiger partial charge on any atom is -0.320 e. The summed E-state index contributed by atoms with van der Waals surface area (Å²) >= 11 is 0. The highest BCUT2D eigenvalue weighted by molar-refractivity contribution is 6.07. The van der Waals surface area contributed by atoms with Crippen molar-refractivity contribution in [1.29, 1.82) is 0 Å². The second-order valence-corrected chi connectivity index (χ2v) is 6.38. The van der Waals surface area contributed by atoms with Crippen molar-refractivity contribution in [3.05, 3.63) is 34.4 Å². The summed E-state index contributed by atoms with van der Waals surface area (Å²) in [6.45, 7) is 3.78. The molecule has 0 saturated carbocycles. The van der Waals surface area contributed by atoms with Gasteiger partial charge in [0, 0.05) is 31.6 Å². The number of imide groups is 1. The van der Waals surface area contributed by atoms with Gasteiger partial charge in [0.1, 0.15) is 5.54 Å². The molecule has 1 unspecified atom stereocenters. The molecule has 0 aromatic heterocycles. The Hall–Kier alpha value is -2.21. The van der Waals surface area contributed by atoms with Crippen LogP contribution in [0.25, 0.3) is 0 Å². The van der Waals surface area contributed by atoms with Gasteiger partial charge in [0.15, 0.2) is 0 Å². The third kappa shape index (κ3) is 1.67. The summed E-state index contributed by atoms with van der Waals surface area (Å²) in [4.78, 5) is 38.1. The molecule has 2 N–H and O–H groups in total. The van der Waals surface area contributed by atoms with Crippen LogP contribution in [0.5, 0.6) is 0 Å². The van der Waals surface area contributed by atoms with E-state index in [1.807, 2.05) is 12.1 Å². The summed E-state index contributed by atoms with van der Waals surface area (Å²) in [5, 5.41) is 5.66. The normalized spacial score (nSPS) is 27.0. The van der Waals surface area contributed by atoms with Crippen LogP contribution in [-0.2, 0) is 29.2 Å². The maximum absolute atomic E-state index is 12.8. The van der Waals surface area contributed by atoms with Crippen LogP contribution in [0.2, 0.25) is 0 Å². The first-order chi connectivity index (χ1) is 10.5. The number of amides is 3. The third-order valence-electron chi connectivity index (χ3n) is 5.11. The molecular weight excluding hydrogens is 282 g/mol. The monoisotopic (exact) mass is 299 g/mol. The van der Waals surface area contributed by atoms with E-state index in [4.69, 9.17) is 0 Å². The highest BCUT2D eigenvalue weighted by atomic mass is 16.2. The number of carbonyl (C=O) groups excluding carboxylic acids is 3. The van der Waals surface area contributed by atoms with E-state index >= 15 is 0 Å². The summed E-state index contributed by atoms with van der Waals surface area (Å²) in [6, 6.07) is 3.85. The van der Waals surface area contributed by atoms with Crippen LogP contribution in [0, 0.1) is 0 Å². The van der Waals surface area contributed by atoms with Crippen molar-refractivity contribution in [2.45, 2.75) is 44.9 Å². The minimum atomic E-state index is -0.955. The van der Waals surface area contributed by atoms with E-state index in [1.165, 1.54) is 11.1 Å². The maximum atomic E-state index is 12.8. The number of benzene rings is 1.